The maximum absolute atomic E-state index is 13.5. The lowest BCUT2D eigenvalue weighted by atomic mass is 9.65. The van der Waals surface area contributed by atoms with Crippen LogP contribution in [-0.4, -0.2) is 64.7 Å². The van der Waals surface area contributed by atoms with Gasteiger partial charge in [-0.3, -0.25) is 9.59 Å². The molecule has 2 heterocycles. The predicted molar refractivity (Wildman–Crippen MR) is 146 cm³/mol. The number of carbonyl (C=O) groups excluding carboxylic acids is 2. The van der Waals surface area contributed by atoms with Crippen molar-refractivity contribution in [3.05, 3.63) is 17.8 Å². The van der Waals surface area contributed by atoms with Crippen LogP contribution in [-0.2, 0) is 9.53 Å². The van der Waals surface area contributed by atoms with Crippen molar-refractivity contribution in [2.45, 2.75) is 84.2 Å². The Kier molecular flexibility index (Phi) is 9.52. The van der Waals surface area contributed by atoms with Crippen molar-refractivity contribution in [3.63, 3.8) is 0 Å². The minimum atomic E-state index is -0.618. The normalized spacial score (nSPS) is 26.5. The molecule has 2 saturated carbocycles. The van der Waals surface area contributed by atoms with Gasteiger partial charge < -0.3 is 25.2 Å². The molecule has 1 aromatic heterocycles. The Balaban J connectivity index is 1.49. The van der Waals surface area contributed by atoms with Gasteiger partial charge in [-0.05, 0) is 69.8 Å². The third-order valence-corrected chi connectivity index (χ3v) is 8.23. The third-order valence-electron chi connectivity index (χ3n) is 8.23. The van der Waals surface area contributed by atoms with E-state index in [9.17, 15) is 14.7 Å². The van der Waals surface area contributed by atoms with Gasteiger partial charge in [-0.2, -0.15) is 5.10 Å². The third kappa shape index (κ3) is 7.17. The molecule has 3 unspecified atom stereocenters. The van der Waals surface area contributed by atoms with Crippen molar-refractivity contribution in [1.82, 2.24) is 20.4 Å². The Hall–Kier alpha value is -2.39. The van der Waals surface area contributed by atoms with Gasteiger partial charge in [0, 0.05) is 43.9 Å². The summed E-state index contributed by atoms with van der Waals surface area (Å²) >= 11 is 0. The van der Waals surface area contributed by atoms with E-state index in [1.165, 1.54) is 12.8 Å². The molecule has 9 heteroatoms. The number of aliphatic hydroxyl groups excluding tert-OH is 1. The summed E-state index contributed by atoms with van der Waals surface area (Å²) in [5, 5.41) is 20.9. The van der Waals surface area contributed by atoms with Crippen LogP contribution >= 0.6 is 0 Å². The van der Waals surface area contributed by atoms with E-state index in [4.69, 9.17) is 9.47 Å². The number of hydrogen-bond acceptors (Lipinski definition) is 6. The van der Waals surface area contributed by atoms with E-state index in [0.717, 1.165) is 32.1 Å². The monoisotopic (exact) mass is 530 g/mol. The van der Waals surface area contributed by atoms with Crippen LogP contribution in [0.3, 0.4) is 0 Å². The lowest BCUT2D eigenvalue weighted by Crippen LogP contribution is -2.51. The Bertz CT molecular complexity index is 980. The second-order valence-electron chi connectivity index (χ2n) is 12.4. The molecule has 3 fully saturated rings. The van der Waals surface area contributed by atoms with E-state index in [0.29, 0.717) is 43.1 Å². The first-order valence-electron chi connectivity index (χ1n) is 14.4. The first-order valence-corrected chi connectivity index (χ1v) is 14.4. The number of ether oxygens (including phenoxy) is 2. The molecular weight excluding hydrogens is 484 g/mol. The lowest BCUT2D eigenvalue weighted by molar-refractivity contribution is -0.129. The molecule has 2 aliphatic carbocycles. The molecule has 2 amide bonds. The maximum Gasteiger partial charge on any atom is 0.258 e. The van der Waals surface area contributed by atoms with Gasteiger partial charge in [-0.15, -0.1) is 0 Å². The minimum Gasteiger partial charge on any atom is -0.477 e. The maximum atomic E-state index is 13.5. The average Bonchev–Trinajstić information content (AvgIpc) is 3.31. The van der Waals surface area contributed by atoms with Gasteiger partial charge in [-0.25, -0.2) is 4.68 Å². The molecule has 1 saturated heterocycles. The number of carbonyl (C=O) groups is 2. The zero-order valence-electron chi connectivity index (χ0n) is 23.4. The fourth-order valence-corrected chi connectivity index (χ4v) is 6.17. The number of hydrogen-bond donors (Lipinski definition) is 3. The molecule has 0 spiro atoms. The van der Waals surface area contributed by atoms with Gasteiger partial charge in [0.15, 0.2) is 0 Å². The smallest absolute Gasteiger partial charge is 0.258 e. The molecule has 212 valence electrons. The number of nitrogens with zero attached hydrogens (tertiary/aromatic N) is 2. The fraction of sp³-hybridized carbons (Fsp3) is 0.759. The van der Waals surface area contributed by atoms with Crippen LogP contribution in [0.5, 0.6) is 5.88 Å². The minimum absolute atomic E-state index is 0.0237. The van der Waals surface area contributed by atoms with Crippen molar-refractivity contribution in [2.24, 2.45) is 29.6 Å². The average molecular weight is 531 g/mol. The van der Waals surface area contributed by atoms with Gasteiger partial charge in [0.1, 0.15) is 5.56 Å². The van der Waals surface area contributed by atoms with Crippen molar-refractivity contribution in [1.29, 1.82) is 0 Å². The number of nitrogens with one attached hydrogen (secondary N) is 2. The Morgan fingerprint density at radius 3 is 2.71 bits per heavy atom. The summed E-state index contributed by atoms with van der Waals surface area (Å²) in [6.45, 7) is 9.73. The molecule has 4 atom stereocenters. The van der Waals surface area contributed by atoms with Crippen LogP contribution < -0.4 is 15.4 Å². The highest BCUT2D eigenvalue weighted by molar-refractivity contribution is 5.96. The first kappa shape index (κ1) is 28.6. The summed E-state index contributed by atoms with van der Waals surface area (Å²) in [5.41, 5.74) is -0.235. The standard InChI is InChI=1S/C29H46N4O5/c1-19(2)18-38-28-24(27(36)31-25-22-7-5-6-20(14-22)15-23(25)17-34)16-30-33(28)11-10-29(3,4)32-26(35)21-8-12-37-13-9-21/h10-11,16,19-23,25,34H,5-9,12-15,17-18H2,1-4H3,(H,31,36)(H,32,35)/b11-10+/t20?,22?,23?,25-/m0/s1. The van der Waals surface area contributed by atoms with Crippen molar-refractivity contribution < 1.29 is 24.2 Å². The first-order chi connectivity index (χ1) is 18.2. The van der Waals surface area contributed by atoms with Crippen LogP contribution in [0.2, 0.25) is 0 Å². The van der Waals surface area contributed by atoms with E-state index in [1.807, 2.05) is 19.9 Å². The number of fused-ring (bicyclic) bond motifs is 2. The van der Waals surface area contributed by atoms with Crippen LogP contribution in [0.4, 0.5) is 0 Å². The van der Waals surface area contributed by atoms with Gasteiger partial charge in [0.2, 0.25) is 11.8 Å². The Labute approximate surface area is 226 Å². The van der Waals surface area contributed by atoms with Crippen molar-refractivity contribution >= 4 is 18.0 Å². The summed E-state index contributed by atoms with van der Waals surface area (Å²) < 4.78 is 13.0. The second-order valence-corrected chi connectivity index (χ2v) is 12.4. The molecule has 9 nitrogen and oxygen atoms in total. The lowest BCUT2D eigenvalue weighted by Gasteiger charge is -2.45. The van der Waals surface area contributed by atoms with Crippen molar-refractivity contribution in [3.8, 4) is 5.88 Å². The number of aliphatic hydroxyl groups is 1. The summed E-state index contributed by atoms with van der Waals surface area (Å²) in [4.78, 5) is 26.3. The van der Waals surface area contributed by atoms with Crippen LogP contribution in [0.15, 0.2) is 12.3 Å². The molecule has 0 aromatic carbocycles. The number of aromatic nitrogens is 2. The summed E-state index contributed by atoms with van der Waals surface area (Å²) in [6, 6.07) is -0.0415. The van der Waals surface area contributed by atoms with Crippen molar-refractivity contribution in [2.75, 3.05) is 26.4 Å². The molecular formula is C29H46N4O5. The molecule has 3 N–H and O–H groups in total. The predicted octanol–water partition coefficient (Wildman–Crippen LogP) is 3.63. The quantitative estimate of drug-likeness (QED) is 0.426. The van der Waals surface area contributed by atoms with Crippen LogP contribution in [0, 0.1) is 29.6 Å². The molecule has 0 radical (unpaired) electrons. The van der Waals surface area contributed by atoms with E-state index in [-0.39, 0.29) is 42.2 Å². The Morgan fingerprint density at radius 2 is 2.00 bits per heavy atom. The Morgan fingerprint density at radius 1 is 1.24 bits per heavy atom. The van der Waals surface area contributed by atoms with E-state index >= 15 is 0 Å². The zero-order valence-corrected chi connectivity index (χ0v) is 23.4. The summed E-state index contributed by atoms with van der Waals surface area (Å²) in [7, 11) is 0. The van der Waals surface area contributed by atoms with Crippen LogP contribution in [0.1, 0.15) is 83.0 Å². The molecule has 1 aliphatic heterocycles. The molecule has 3 aliphatic rings. The highest BCUT2D eigenvalue weighted by Crippen LogP contribution is 2.42. The second kappa shape index (κ2) is 12.6. The van der Waals surface area contributed by atoms with Gasteiger partial charge in [-0.1, -0.05) is 26.7 Å². The molecule has 2 bridgehead atoms. The van der Waals surface area contributed by atoms with E-state index in [2.05, 4.69) is 29.6 Å². The SMILES string of the molecule is CC(C)COc1c(C(=O)N[C@@H]2C(CO)CC3CCCC2C3)cnn1/C=C/C(C)(C)NC(=O)C1CCOCC1. The summed E-state index contributed by atoms with van der Waals surface area (Å²) in [5.74, 6) is 1.56. The van der Waals surface area contributed by atoms with E-state index < -0.39 is 5.54 Å². The zero-order chi connectivity index (χ0) is 27.3. The topological polar surface area (TPSA) is 115 Å². The number of rotatable bonds is 10. The molecule has 38 heavy (non-hydrogen) atoms. The largest absolute Gasteiger partial charge is 0.477 e. The van der Waals surface area contributed by atoms with Gasteiger partial charge in [0.05, 0.1) is 18.3 Å². The summed E-state index contributed by atoms with van der Waals surface area (Å²) in [6.07, 6.45) is 12.2. The van der Waals surface area contributed by atoms with Gasteiger partial charge >= 0.3 is 0 Å². The van der Waals surface area contributed by atoms with E-state index in [1.54, 1.807) is 17.1 Å². The number of amides is 2. The molecule has 4 rings (SSSR count). The van der Waals surface area contributed by atoms with Gasteiger partial charge in [0.25, 0.3) is 5.91 Å². The fourth-order valence-electron chi connectivity index (χ4n) is 6.17. The highest BCUT2D eigenvalue weighted by atomic mass is 16.5. The van der Waals surface area contributed by atoms with Crippen LogP contribution in [0.25, 0.3) is 6.20 Å². The highest BCUT2D eigenvalue weighted by Gasteiger charge is 2.40. The molecule has 1 aromatic rings.